The normalized spacial score (nSPS) is 10.9. The number of halogens is 3. The maximum Gasteiger partial charge on any atom is 0.256 e. The summed E-state index contributed by atoms with van der Waals surface area (Å²) in [4.78, 5) is 12.7. The van der Waals surface area contributed by atoms with Crippen LogP contribution in [0.25, 0.3) is 0 Å². The van der Waals surface area contributed by atoms with Crippen LogP contribution < -0.4 is 5.32 Å². The zero-order valence-corrected chi connectivity index (χ0v) is 17.9. The molecule has 0 bridgehead atoms. The van der Waals surface area contributed by atoms with Gasteiger partial charge in [0, 0.05) is 23.5 Å². The van der Waals surface area contributed by atoms with Gasteiger partial charge in [-0.3, -0.25) is 14.2 Å². The van der Waals surface area contributed by atoms with E-state index in [0.29, 0.717) is 17.7 Å². The quantitative estimate of drug-likeness (QED) is 0.416. The standard InChI is InChI=1S/C21H16BrClFN5O/c22-17-9-25-28(12-17)10-14-4-3-6-15(8-14)21(30)26-20-18(23)13-29(27-20)11-16-5-1-2-7-19(16)24/h1-9,12-13H,10-11H2,(H,26,27,30). The van der Waals surface area contributed by atoms with E-state index >= 15 is 0 Å². The summed E-state index contributed by atoms with van der Waals surface area (Å²) in [5.41, 5.74) is 1.88. The van der Waals surface area contributed by atoms with E-state index < -0.39 is 0 Å². The second-order valence-corrected chi connectivity index (χ2v) is 7.95. The van der Waals surface area contributed by atoms with Crippen LogP contribution in [0.4, 0.5) is 10.2 Å². The van der Waals surface area contributed by atoms with E-state index in [1.807, 2.05) is 12.3 Å². The second kappa shape index (κ2) is 8.81. The molecule has 1 N–H and O–H groups in total. The van der Waals surface area contributed by atoms with Gasteiger partial charge in [0.05, 0.1) is 23.8 Å². The summed E-state index contributed by atoms with van der Waals surface area (Å²) in [6, 6.07) is 13.7. The molecule has 0 saturated carbocycles. The molecule has 0 aliphatic heterocycles. The summed E-state index contributed by atoms with van der Waals surface area (Å²) in [5.74, 6) is -0.438. The van der Waals surface area contributed by atoms with Gasteiger partial charge in [0.15, 0.2) is 5.82 Å². The van der Waals surface area contributed by atoms with Crippen molar-refractivity contribution >= 4 is 39.3 Å². The number of rotatable bonds is 6. The molecule has 9 heteroatoms. The third-order valence-electron chi connectivity index (χ3n) is 4.37. The number of nitrogens with one attached hydrogen (secondary N) is 1. The van der Waals surface area contributed by atoms with Crippen molar-refractivity contribution in [1.29, 1.82) is 0 Å². The lowest BCUT2D eigenvalue weighted by Gasteiger charge is -2.06. The minimum absolute atomic E-state index is 0.206. The monoisotopic (exact) mass is 487 g/mol. The fourth-order valence-electron chi connectivity index (χ4n) is 2.97. The van der Waals surface area contributed by atoms with Crippen LogP contribution in [0.1, 0.15) is 21.5 Å². The van der Waals surface area contributed by atoms with Crippen LogP contribution in [0, 0.1) is 5.82 Å². The fourth-order valence-corrected chi connectivity index (χ4v) is 3.49. The molecule has 0 unspecified atom stereocenters. The highest BCUT2D eigenvalue weighted by Crippen LogP contribution is 2.21. The molecule has 0 saturated heterocycles. The number of nitrogens with zero attached hydrogens (tertiary/aromatic N) is 4. The van der Waals surface area contributed by atoms with Gasteiger partial charge in [0.2, 0.25) is 0 Å². The van der Waals surface area contributed by atoms with E-state index in [4.69, 9.17) is 11.6 Å². The Morgan fingerprint density at radius 3 is 2.70 bits per heavy atom. The molecule has 6 nitrogen and oxygen atoms in total. The minimum atomic E-state index is -0.337. The number of carbonyl (C=O) groups excluding carboxylic acids is 1. The maximum absolute atomic E-state index is 13.9. The number of anilines is 1. The van der Waals surface area contributed by atoms with Crippen LogP contribution in [-0.2, 0) is 13.1 Å². The van der Waals surface area contributed by atoms with Crippen LogP contribution in [0.3, 0.4) is 0 Å². The number of carbonyl (C=O) groups is 1. The van der Waals surface area contributed by atoms with Gasteiger partial charge in [-0.05, 0) is 39.7 Å². The third kappa shape index (κ3) is 4.77. The van der Waals surface area contributed by atoms with E-state index in [-0.39, 0.29) is 29.1 Å². The largest absolute Gasteiger partial charge is 0.304 e. The van der Waals surface area contributed by atoms with Crippen LogP contribution in [0.2, 0.25) is 5.02 Å². The molecule has 2 aromatic carbocycles. The summed E-state index contributed by atoms with van der Waals surface area (Å²) in [5, 5.41) is 11.5. The van der Waals surface area contributed by atoms with Gasteiger partial charge in [-0.2, -0.15) is 10.2 Å². The van der Waals surface area contributed by atoms with Gasteiger partial charge in [0.25, 0.3) is 5.91 Å². The second-order valence-electron chi connectivity index (χ2n) is 6.63. The molecule has 0 atom stereocenters. The highest BCUT2D eigenvalue weighted by atomic mass is 79.9. The van der Waals surface area contributed by atoms with E-state index in [1.54, 1.807) is 53.5 Å². The lowest BCUT2D eigenvalue weighted by molar-refractivity contribution is 0.102. The SMILES string of the molecule is O=C(Nc1nn(Cc2ccccc2F)cc1Cl)c1cccc(Cn2cc(Br)cn2)c1. The van der Waals surface area contributed by atoms with Crippen molar-refractivity contribution in [2.75, 3.05) is 5.32 Å². The van der Waals surface area contributed by atoms with Crippen molar-refractivity contribution < 1.29 is 9.18 Å². The van der Waals surface area contributed by atoms with E-state index in [2.05, 4.69) is 31.4 Å². The molecule has 0 fully saturated rings. The van der Waals surface area contributed by atoms with Gasteiger partial charge in [0.1, 0.15) is 10.8 Å². The first-order valence-corrected chi connectivity index (χ1v) is 10.2. The van der Waals surface area contributed by atoms with Crippen LogP contribution in [-0.4, -0.2) is 25.5 Å². The summed E-state index contributed by atoms with van der Waals surface area (Å²) < 4.78 is 18.0. The first-order valence-electron chi connectivity index (χ1n) is 9.02. The Morgan fingerprint density at radius 1 is 1.10 bits per heavy atom. The van der Waals surface area contributed by atoms with Crippen LogP contribution >= 0.6 is 27.5 Å². The van der Waals surface area contributed by atoms with Gasteiger partial charge in [-0.25, -0.2) is 4.39 Å². The summed E-state index contributed by atoms with van der Waals surface area (Å²) in [6.45, 7) is 0.738. The molecule has 30 heavy (non-hydrogen) atoms. The summed E-state index contributed by atoms with van der Waals surface area (Å²) in [7, 11) is 0. The molecule has 2 heterocycles. The molecule has 4 aromatic rings. The van der Waals surface area contributed by atoms with E-state index in [0.717, 1.165) is 10.0 Å². The van der Waals surface area contributed by atoms with Crippen molar-refractivity contribution in [1.82, 2.24) is 19.6 Å². The Hall–Kier alpha value is -2.97. The van der Waals surface area contributed by atoms with Crippen molar-refractivity contribution in [3.05, 3.63) is 99.1 Å². The molecule has 1 amide bonds. The Bertz CT molecular complexity index is 1210. The Kier molecular flexibility index (Phi) is 5.96. The van der Waals surface area contributed by atoms with Crippen molar-refractivity contribution in [3.8, 4) is 0 Å². The third-order valence-corrected chi connectivity index (χ3v) is 5.06. The Labute approximate surface area is 185 Å². The van der Waals surface area contributed by atoms with Crippen molar-refractivity contribution in [2.45, 2.75) is 13.1 Å². The summed E-state index contributed by atoms with van der Waals surface area (Å²) >= 11 is 9.58. The number of benzene rings is 2. The molecule has 0 radical (unpaired) electrons. The first-order chi connectivity index (χ1) is 14.5. The fraction of sp³-hybridized carbons (Fsp3) is 0.0952. The number of amides is 1. The Morgan fingerprint density at radius 2 is 1.93 bits per heavy atom. The van der Waals surface area contributed by atoms with E-state index in [1.165, 1.54) is 10.7 Å². The van der Waals surface area contributed by atoms with Gasteiger partial charge >= 0.3 is 0 Å². The van der Waals surface area contributed by atoms with Crippen LogP contribution in [0.15, 0.2) is 71.6 Å². The summed E-state index contributed by atoms with van der Waals surface area (Å²) in [6.07, 6.45) is 5.11. The molecular formula is C21H16BrClFN5O. The number of hydrogen-bond donors (Lipinski definition) is 1. The van der Waals surface area contributed by atoms with E-state index in [9.17, 15) is 9.18 Å². The molecule has 152 valence electrons. The molecule has 2 aromatic heterocycles. The molecule has 4 rings (SSSR count). The highest BCUT2D eigenvalue weighted by molar-refractivity contribution is 9.10. The maximum atomic E-state index is 13.9. The average Bonchev–Trinajstić information content (AvgIpc) is 3.28. The molecule has 0 spiro atoms. The lowest BCUT2D eigenvalue weighted by Crippen LogP contribution is -2.14. The topological polar surface area (TPSA) is 64.7 Å². The molecular weight excluding hydrogens is 473 g/mol. The molecule has 0 aliphatic carbocycles. The number of hydrogen-bond acceptors (Lipinski definition) is 3. The van der Waals surface area contributed by atoms with Crippen molar-refractivity contribution in [2.24, 2.45) is 0 Å². The molecule has 0 aliphatic rings. The predicted molar refractivity (Wildman–Crippen MR) is 116 cm³/mol. The van der Waals surface area contributed by atoms with Crippen LogP contribution in [0.5, 0.6) is 0 Å². The first kappa shape index (κ1) is 20.3. The van der Waals surface area contributed by atoms with Gasteiger partial charge in [-0.1, -0.05) is 41.9 Å². The minimum Gasteiger partial charge on any atom is -0.304 e. The average molecular weight is 489 g/mol. The van der Waals surface area contributed by atoms with Crippen molar-refractivity contribution in [3.63, 3.8) is 0 Å². The zero-order valence-electron chi connectivity index (χ0n) is 15.6. The Balaban J connectivity index is 1.47. The smallest absolute Gasteiger partial charge is 0.256 e. The highest BCUT2D eigenvalue weighted by Gasteiger charge is 2.14. The lowest BCUT2D eigenvalue weighted by atomic mass is 10.1. The predicted octanol–water partition coefficient (Wildman–Crippen LogP) is 4.98. The van der Waals surface area contributed by atoms with Gasteiger partial charge < -0.3 is 5.32 Å². The zero-order chi connectivity index (χ0) is 21.1. The van der Waals surface area contributed by atoms with Gasteiger partial charge in [-0.15, -0.1) is 0 Å². The number of aromatic nitrogens is 4.